The van der Waals surface area contributed by atoms with Crippen LogP contribution in [-0.2, 0) is 0 Å². The Morgan fingerprint density at radius 1 is 1.06 bits per heavy atom. The first-order valence-corrected chi connectivity index (χ1v) is 7.22. The minimum absolute atomic E-state index is 0.200. The van der Waals surface area contributed by atoms with Crippen LogP contribution in [0, 0.1) is 0 Å². The van der Waals surface area contributed by atoms with Crippen molar-refractivity contribution in [2.45, 2.75) is 13.0 Å². The number of hydrogen-bond acceptors (Lipinski definition) is 2. The van der Waals surface area contributed by atoms with Crippen molar-refractivity contribution < 1.29 is 0 Å². The number of anilines is 2. The Morgan fingerprint density at radius 3 is 2.44 bits per heavy atom. The molecule has 0 aliphatic carbocycles. The summed E-state index contributed by atoms with van der Waals surface area (Å²) in [5.74, 6) is 0. The molecule has 2 rings (SSSR count). The topological polar surface area (TPSA) is 38.0 Å². The van der Waals surface area contributed by atoms with Crippen molar-refractivity contribution in [3.63, 3.8) is 0 Å². The Balaban J connectivity index is 2.18. The van der Waals surface area contributed by atoms with E-state index >= 15 is 0 Å². The molecule has 2 aromatic rings. The molecular formula is C14H14Br2N2. The Kier molecular flexibility index (Phi) is 4.30. The van der Waals surface area contributed by atoms with Gasteiger partial charge in [-0.05, 0) is 42.8 Å². The van der Waals surface area contributed by atoms with Gasteiger partial charge >= 0.3 is 0 Å². The predicted octanol–water partition coefficient (Wildman–Crippen LogP) is 4.97. The Hall–Kier alpha value is -1.00. The number of rotatable bonds is 3. The van der Waals surface area contributed by atoms with Crippen LogP contribution in [0.3, 0.4) is 0 Å². The van der Waals surface area contributed by atoms with E-state index in [-0.39, 0.29) is 6.04 Å². The van der Waals surface area contributed by atoms with Crippen molar-refractivity contribution in [1.29, 1.82) is 0 Å². The lowest BCUT2D eigenvalue weighted by molar-refractivity contribution is 0.884. The zero-order chi connectivity index (χ0) is 13.1. The van der Waals surface area contributed by atoms with Crippen LogP contribution in [-0.4, -0.2) is 0 Å². The monoisotopic (exact) mass is 368 g/mol. The fourth-order valence-electron chi connectivity index (χ4n) is 1.76. The molecule has 4 heteroatoms. The summed E-state index contributed by atoms with van der Waals surface area (Å²) in [5.41, 5.74) is 8.88. The minimum Gasteiger partial charge on any atom is -0.397 e. The van der Waals surface area contributed by atoms with Crippen molar-refractivity contribution in [1.82, 2.24) is 0 Å². The molecular weight excluding hydrogens is 356 g/mol. The summed E-state index contributed by atoms with van der Waals surface area (Å²) in [7, 11) is 0. The Morgan fingerprint density at radius 2 is 1.78 bits per heavy atom. The van der Waals surface area contributed by atoms with Crippen LogP contribution in [0.2, 0.25) is 0 Å². The average Bonchev–Trinajstić information content (AvgIpc) is 2.32. The first-order chi connectivity index (χ1) is 8.56. The molecule has 18 heavy (non-hydrogen) atoms. The first-order valence-electron chi connectivity index (χ1n) is 5.63. The van der Waals surface area contributed by atoms with Gasteiger partial charge in [0.05, 0.1) is 11.4 Å². The van der Waals surface area contributed by atoms with E-state index in [1.165, 1.54) is 5.56 Å². The van der Waals surface area contributed by atoms with Gasteiger partial charge in [0.25, 0.3) is 0 Å². The van der Waals surface area contributed by atoms with E-state index < -0.39 is 0 Å². The second kappa shape index (κ2) is 5.76. The molecule has 0 saturated heterocycles. The molecule has 0 saturated carbocycles. The van der Waals surface area contributed by atoms with Gasteiger partial charge in [0.2, 0.25) is 0 Å². The van der Waals surface area contributed by atoms with E-state index in [2.05, 4.69) is 56.2 Å². The molecule has 0 aromatic heterocycles. The first kappa shape index (κ1) is 13.4. The van der Waals surface area contributed by atoms with Crippen LogP contribution in [0.1, 0.15) is 18.5 Å². The van der Waals surface area contributed by atoms with Gasteiger partial charge in [-0.25, -0.2) is 0 Å². The molecule has 0 spiro atoms. The summed E-state index contributed by atoms with van der Waals surface area (Å²) in [6.45, 7) is 2.11. The van der Waals surface area contributed by atoms with Gasteiger partial charge in [-0.1, -0.05) is 44.0 Å². The van der Waals surface area contributed by atoms with Crippen LogP contribution >= 0.6 is 31.9 Å². The number of benzene rings is 2. The summed E-state index contributed by atoms with van der Waals surface area (Å²) in [5, 5.41) is 3.41. The molecule has 2 nitrogen and oxygen atoms in total. The van der Waals surface area contributed by atoms with Gasteiger partial charge in [0, 0.05) is 15.0 Å². The number of nitrogens with one attached hydrogen (secondary N) is 1. The number of hydrogen-bond donors (Lipinski definition) is 2. The third-order valence-electron chi connectivity index (χ3n) is 2.73. The quantitative estimate of drug-likeness (QED) is 0.749. The van der Waals surface area contributed by atoms with Gasteiger partial charge in [0.1, 0.15) is 0 Å². The summed E-state index contributed by atoms with van der Waals surface area (Å²) < 4.78 is 2.07. The van der Waals surface area contributed by atoms with E-state index in [9.17, 15) is 0 Å². The van der Waals surface area contributed by atoms with Gasteiger partial charge in [0.15, 0.2) is 0 Å². The van der Waals surface area contributed by atoms with E-state index in [0.717, 1.165) is 20.3 Å². The molecule has 0 bridgehead atoms. The molecule has 1 unspecified atom stereocenters. The van der Waals surface area contributed by atoms with Crippen LogP contribution in [0.15, 0.2) is 51.4 Å². The van der Waals surface area contributed by atoms with Gasteiger partial charge in [-0.3, -0.25) is 0 Å². The fourth-order valence-corrected chi connectivity index (χ4v) is 2.55. The Labute approximate surface area is 124 Å². The average molecular weight is 370 g/mol. The maximum Gasteiger partial charge on any atom is 0.0579 e. The highest BCUT2D eigenvalue weighted by molar-refractivity contribution is 9.10. The molecule has 94 valence electrons. The molecule has 0 radical (unpaired) electrons. The van der Waals surface area contributed by atoms with Crippen LogP contribution < -0.4 is 11.1 Å². The van der Waals surface area contributed by atoms with Crippen molar-refractivity contribution in [3.05, 3.63) is 57.0 Å². The van der Waals surface area contributed by atoms with Gasteiger partial charge < -0.3 is 11.1 Å². The van der Waals surface area contributed by atoms with Gasteiger partial charge in [-0.2, -0.15) is 0 Å². The minimum atomic E-state index is 0.200. The molecule has 0 aliphatic heterocycles. The predicted molar refractivity (Wildman–Crippen MR) is 84.7 cm³/mol. The third kappa shape index (κ3) is 3.27. The fraction of sp³-hybridized carbons (Fsp3) is 0.143. The summed E-state index contributed by atoms with van der Waals surface area (Å²) >= 11 is 6.88. The second-order valence-electron chi connectivity index (χ2n) is 4.15. The summed E-state index contributed by atoms with van der Waals surface area (Å²) in [6.07, 6.45) is 0. The van der Waals surface area contributed by atoms with Crippen molar-refractivity contribution >= 4 is 43.2 Å². The molecule has 0 aliphatic rings. The highest BCUT2D eigenvalue weighted by Gasteiger charge is 2.07. The lowest BCUT2D eigenvalue weighted by Crippen LogP contribution is -2.08. The van der Waals surface area contributed by atoms with Crippen LogP contribution in [0.4, 0.5) is 11.4 Å². The number of halogens is 2. The van der Waals surface area contributed by atoms with E-state index in [4.69, 9.17) is 5.73 Å². The molecule has 0 amide bonds. The smallest absolute Gasteiger partial charge is 0.0579 e. The molecule has 0 fully saturated rings. The zero-order valence-electron chi connectivity index (χ0n) is 9.95. The van der Waals surface area contributed by atoms with Gasteiger partial charge in [-0.15, -0.1) is 0 Å². The maximum atomic E-state index is 5.98. The van der Waals surface area contributed by atoms with Crippen molar-refractivity contribution in [2.75, 3.05) is 11.1 Å². The molecule has 1 atom stereocenters. The van der Waals surface area contributed by atoms with E-state index in [1.807, 2.05) is 30.3 Å². The zero-order valence-corrected chi connectivity index (χ0v) is 13.1. The van der Waals surface area contributed by atoms with Crippen molar-refractivity contribution in [2.24, 2.45) is 0 Å². The van der Waals surface area contributed by atoms with E-state index in [1.54, 1.807) is 0 Å². The number of nitrogen functional groups attached to an aromatic ring is 1. The molecule has 2 aromatic carbocycles. The standard InChI is InChI=1S/C14H14Br2N2/c1-9(10-3-2-4-11(15)7-10)18-14-6-5-12(16)8-13(14)17/h2-9,18H,17H2,1H3. The van der Waals surface area contributed by atoms with E-state index in [0.29, 0.717) is 0 Å². The highest BCUT2D eigenvalue weighted by atomic mass is 79.9. The summed E-state index contributed by atoms with van der Waals surface area (Å²) in [6, 6.07) is 14.3. The molecule has 0 heterocycles. The molecule has 3 N–H and O–H groups in total. The van der Waals surface area contributed by atoms with Crippen LogP contribution in [0.5, 0.6) is 0 Å². The summed E-state index contributed by atoms with van der Waals surface area (Å²) in [4.78, 5) is 0. The maximum absolute atomic E-state index is 5.98. The third-order valence-corrected chi connectivity index (χ3v) is 3.72. The van der Waals surface area contributed by atoms with Crippen molar-refractivity contribution in [3.8, 4) is 0 Å². The second-order valence-corrected chi connectivity index (χ2v) is 5.98. The largest absolute Gasteiger partial charge is 0.397 e. The number of nitrogens with two attached hydrogens (primary N) is 1. The lowest BCUT2D eigenvalue weighted by atomic mass is 10.1. The normalized spacial score (nSPS) is 12.2. The lowest BCUT2D eigenvalue weighted by Gasteiger charge is -2.17. The van der Waals surface area contributed by atoms with Crippen LogP contribution in [0.25, 0.3) is 0 Å². The SMILES string of the molecule is CC(Nc1ccc(Br)cc1N)c1cccc(Br)c1. The Bertz CT molecular complexity index is 555. The highest BCUT2D eigenvalue weighted by Crippen LogP contribution is 2.27.